The molecule has 2 aromatic rings. The number of rotatable bonds is 2. The summed E-state index contributed by atoms with van der Waals surface area (Å²) in [7, 11) is 0. The highest BCUT2D eigenvalue weighted by atomic mass is 127. The van der Waals surface area contributed by atoms with Gasteiger partial charge in [0, 0.05) is 15.0 Å². The Morgan fingerprint density at radius 3 is 2.55 bits per heavy atom. The predicted octanol–water partition coefficient (Wildman–Crippen LogP) is 3.24. The quantitative estimate of drug-likeness (QED) is 0.725. The summed E-state index contributed by atoms with van der Waals surface area (Å²) in [5.41, 5.74) is 1.85. The van der Waals surface area contributed by atoms with Gasteiger partial charge in [-0.25, -0.2) is 0 Å². The van der Waals surface area contributed by atoms with Crippen LogP contribution in [0.25, 0.3) is 0 Å². The summed E-state index contributed by atoms with van der Waals surface area (Å²) in [5.74, 6) is -0.520. The molecule has 3 rings (SSSR count). The summed E-state index contributed by atoms with van der Waals surface area (Å²) in [5, 5.41) is 6.01. The molecule has 112 valence electrons. The molecule has 0 radical (unpaired) electrons. The van der Waals surface area contributed by atoms with Crippen molar-refractivity contribution in [1.82, 2.24) is 5.32 Å². The third-order valence-electron chi connectivity index (χ3n) is 3.46. The Morgan fingerprint density at radius 1 is 1.09 bits per heavy atom. The van der Waals surface area contributed by atoms with E-state index in [1.807, 2.05) is 24.3 Å². The molecule has 0 aliphatic carbocycles. The highest BCUT2D eigenvalue weighted by Gasteiger charge is 2.27. The van der Waals surface area contributed by atoms with E-state index >= 15 is 0 Å². The minimum atomic E-state index is -0.612. The van der Waals surface area contributed by atoms with Gasteiger partial charge in [0.05, 0.1) is 11.3 Å². The van der Waals surface area contributed by atoms with Gasteiger partial charge in [0.25, 0.3) is 5.91 Å². The summed E-state index contributed by atoms with van der Waals surface area (Å²) in [4.78, 5) is 24.6. The molecule has 0 aromatic heterocycles. The van der Waals surface area contributed by atoms with Gasteiger partial charge < -0.3 is 10.6 Å². The predicted molar refractivity (Wildman–Crippen MR) is 94.2 cm³/mol. The molecule has 1 aliphatic rings. The van der Waals surface area contributed by atoms with Gasteiger partial charge in [0.2, 0.25) is 5.91 Å². The molecule has 2 amide bonds. The zero-order valence-electron chi connectivity index (χ0n) is 11.4. The van der Waals surface area contributed by atoms with Crippen LogP contribution >= 0.6 is 34.2 Å². The number of carbonyl (C=O) groups is 2. The second kappa shape index (κ2) is 6.26. The van der Waals surface area contributed by atoms with E-state index in [1.165, 1.54) is 0 Å². The summed E-state index contributed by atoms with van der Waals surface area (Å²) in [6.45, 7) is 0. The first-order chi connectivity index (χ1) is 10.5. The molecule has 6 heteroatoms. The van der Waals surface area contributed by atoms with Crippen LogP contribution < -0.4 is 10.6 Å². The van der Waals surface area contributed by atoms with E-state index in [0.717, 1.165) is 9.13 Å². The maximum Gasteiger partial charge on any atom is 0.254 e. The third-order valence-corrected chi connectivity index (χ3v) is 4.41. The largest absolute Gasteiger partial charge is 0.340 e. The minimum Gasteiger partial charge on any atom is -0.340 e. The minimum absolute atomic E-state index is 0.243. The van der Waals surface area contributed by atoms with E-state index in [2.05, 4.69) is 33.2 Å². The van der Waals surface area contributed by atoms with Crippen molar-refractivity contribution in [2.75, 3.05) is 5.32 Å². The van der Waals surface area contributed by atoms with E-state index in [9.17, 15) is 9.59 Å². The first-order valence-electron chi connectivity index (χ1n) is 6.68. The summed E-state index contributed by atoms with van der Waals surface area (Å²) >= 11 is 8.15. The molecule has 1 atom stereocenters. The Kier molecular flexibility index (Phi) is 4.35. The average molecular weight is 427 g/mol. The van der Waals surface area contributed by atoms with E-state index in [1.54, 1.807) is 18.2 Å². The molecule has 4 nitrogen and oxygen atoms in total. The van der Waals surface area contributed by atoms with Crippen LogP contribution in [-0.2, 0) is 11.2 Å². The number of nitrogens with one attached hydrogen (secondary N) is 2. The van der Waals surface area contributed by atoms with E-state index in [0.29, 0.717) is 22.7 Å². The van der Waals surface area contributed by atoms with Gasteiger partial charge in [-0.05, 0) is 58.5 Å². The van der Waals surface area contributed by atoms with Crippen LogP contribution in [0.2, 0.25) is 5.02 Å². The Balaban J connectivity index is 1.85. The number of benzene rings is 2. The Labute approximate surface area is 146 Å². The Morgan fingerprint density at radius 2 is 1.82 bits per heavy atom. The lowest BCUT2D eigenvalue weighted by atomic mass is 10.1. The zero-order valence-corrected chi connectivity index (χ0v) is 14.3. The average Bonchev–Trinajstić information content (AvgIpc) is 2.59. The van der Waals surface area contributed by atoms with Crippen LogP contribution in [0, 0.1) is 3.57 Å². The number of carbonyl (C=O) groups excluding carboxylic acids is 2. The van der Waals surface area contributed by atoms with Gasteiger partial charge in [0.1, 0.15) is 6.04 Å². The fraction of sp³-hybridized carbons (Fsp3) is 0.125. The first-order valence-corrected chi connectivity index (χ1v) is 8.14. The van der Waals surface area contributed by atoms with Crippen molar-refractivity contribution in [2.24, 2.45) is 0 Å². The SMILES string of the molecule is O=C1N[C@H](Cc2ccc(I)cc2)C(=O)Nc2cc(Cl)ccc21. The fourth-order valence-corrected chi connectivity index (χ4v) is 2.87. The van der Waals surface area contributed by atoms with Gasteiger partial charge in [0.15, 0.2) is 0 Å². The molecule has 0 spiro atoms. The molecule has 0 unspecified atom stereocenters. The molecule has 0 fully saturated rings. The highest BCUT2D eigenvalue weighted by Crippen LogP contribution is 2.23. The van der Waals surface area contributed by atoms with E-state index in [4.69, 9.17) is 11.6 Å². The van der Waals surface area contributed by atoms with Crippen molar-refractivity contribution in [3.05, 3.63) is 62.2 Å². The number of anilines is 1. The molecular weight excluding hydrogens is 415 g/mol. The van der Waals surface area contributed by atoms with Crippen molar-refractivity contribution in [2.45, 2.75) is 12.5 Å². The monoisotopic (exact) mass is 426 g/mol. The van der Waals surface area contributed by atoms with Crippen molar-refractivity contribution >= 4 is 51.7 Å². The van der Waals surface area contributed by atoms with Crippen LogP contribution in [-0.4, -0.2) is 17.9 Å². The van der Waals surface area contributed by atoms with Gasteiger partial charge in [-0.15, -0.1) is 0 Å². The highest BCUT2D eigenvalue weighted by molar-refractivity contribution is 14.1. The number of hydrogen-bond acceptors (Lipinski definition) is 2. The maximum atomic E-state index is 12.3. The molecular formula is C16H12ClIN2O2. The zero-order chi connectivity index (χ0) is 15.7. The lowest BCUT2D eigenvalue weighted by Gasteiger charge is -2.14. The molecule has 1 aliphatic heterocycles. The Hall–Kier alpha value is -1.60. The molecule has 0 saturated carbocycles. The fourth-order valence-electron chi connectivity index (χ4n) is 2.34. The number of amides is 2. The van der Waals surface area contributed by atoms with Gasteiger partial charge >= 0.3 is 0 Å². The van der Waals surface area contributed by atoms with E-state index in [-0.39, 0.29) is 11.8 Å². The van der Waals surface area contributed by atoms with Crippen molar-refractivity contribution in [1.29, 1.82) is 0 Å². The van der Waals surface area contributed by atoms with Gasteiger partial charge in [-0.2, -0.15) is 0 Å². The standard InChI is InChI=1S/C16H12ClIN2O2/c17-10-3-6-12-13(8-10)19-16(22)14(20-15(12)21)7-9-1-4-11(18)5-2-9/h1-6,8,14H,7H2,(H,19,22)(H,20,21)/t14-/m1/s1. The van der Waals surface area contributed by atoms with Crippen LogP contribution in [0.3, 0.4) is 0 Å². The summed E-state index contributed by atoms with van der Waals surface area (Å²) in [6.07, 6.45) is 0.441. The molecule has 0 bridgehead atoms. The van der Waals surface area contributed by atoms with Crippen molar-refractivity contribution < 1.29 is 9.59 Å². The van der Waals surface area contributed by atoms with Gasteiger partial charge in [-0.1, -0.05) is 23.7 Å². The summed E-state index contributed by atoms with van der Waals surface area (Å²) in [6, 6.07) is 12.1. The van der Waals surface area contributed by atoms with Crippen LogP contribution in [0.15, 0.2) is 42.5 Å². The molecule has 2 N–H and O–H groups in total. The first kappa shape index (κ1) is 15.3. The second-order valence-corrected chi connectivity index (χ2v) is 6.72. The lowest BCUT2D eigenvalue weighted by Crippen LogP contribution is -2.42. The molecule has 22 heavy (non-hydrogen) atoms. The van der Waals surface area contributed by atoms with Crippen LogP contribution in [0.5, 0.6) is 0 Å². The van der Waals surface area contributed by atoms with Crippen molar-refractivity contribution in [3.8, 4) is 0 Å². The smallest absolute Gasteiger partial charge is 0.254 e. The normalized spacial score (nSPS) is 17.3. The molecule has 0 saturated heterocycles. The van der Waals surface area contributed by atoms with E-state index < -0.39 is 6.04 Å². The number of fused-ring (bicyclic) bond motifs is 1. The topological polar surface area (TPSA) is 58.2 Å². The number of halogens is 2. The Bertz CT molecular complexity index is 746. The molecule has 2 aromatic carbocycles. The van der Waals surface area contributed by atoms with Crippen molar-refractivity contribution in [3.63, 3.8) is 0 Å². The second-order valence-electron chi connectivity index (χ2n) is 5.04. The number of hydrogen-bond donors (Lipinski definition) is 2. The third kappa shape index (κ3) is 3.25. The summed E-state index contributed by atoms with van der Waals surface area (Å²) < 4.78 is 1.12. The van der Waals surface area contributed by atoms with Crippen LogP contribution in [0.4, 0.5) is 5.69 Å². The van der Waals surface area contributed by atoms with Gasteiger partial charge in [-0.3, -0.25) is 9.59 Å². The van der Waals surface area contributed by atoms with Crippen LogP contribution in [0.1, 0.15) is 15.9 Å². The molecule has 1 heterocycles. The lowest BCUT2D eigenvalue weighted by molar-refractivity contribution is -0.117. The maximum absolute atomic E-state index is 12.3.